The van der Waals surface area contributed by atoms with Crippen LogP contribution in [0.1, 0.15) is 38.6 Å². The zero-order valence-electron chi connectivity index (χ0n) is 18.0. The van der Waals surface area contributed by atoms with Gasteiger partial charge in [-0.25, -0.2) is 9.18 Å². The topological polar surface area (TPSA) is 45.6 Å². The Bertz CT molecular complexity index is 1120. The molecule has 0 atom stereocenters. The van der Waals surface area contributed by atoms with Crippen molar-refractivity contribution in [2.24, 2.45) is 7.05 Å². The predicted molar refractivity (Wildman–Crippen MR) is 121 cm³/mol. The van der Waals surface area contributed by atoms with E-state index >= 15 is 0 Å². The highest BCUT2D eigenvalue weighted by Crippen LogP contribution is 2.33. The van der Waals surface area contributed by atoms with E-state index in [-0.39, 0.29) is 17.6 Å². The van der Waals surface area contributed by atoms with Crippen LogP contribution in [0.2, 0.25) is 0 Å². The molecule has 0 unspecified atom stereocenters. The largest absolute Gasteiger partial charge is 0.352 e. The molecule has 1 aliphatic rings. The van der Waals surface area contributed by atoms with Gasteiger partial charge in [0.2, 0.25) is 0 Å². The molecular formula is C24H26FN3O2S. The number of rotatable bonds is 7. The monoisotopic (exact) mass is 439 g/mol. The molecule has 1 aromatic carbocycles. The fourth-order valence-electron chi connectivity index (χ4n) is 3.89. The highest BCUT2D eigenvalue weighted by Gasteiger charge is 2.31. The van der Waals surface area contributed by atoms with Gasteiger partial charge in [0.05, 0.1) is 9.88 Å². The number of halogens is 1. The molecule has 1 aliphatic heterocycles. The molecule has 0 N–H and O–H groups in total. The lowest BCUT2D eigenvalue weighted by molar-refractivity contribution is 0.0985. The van der Waals surface area contributed by atoms with E-state index in [0.717, 1.165) is 26.7 Å². The van der Waals surface area contributed by atoms with Crippen molar-refractivity contribution in [2.45, 2.75) is 33.2 Å². The Hall–Kier alpha value is -2.93. The van der Waals surface area contributed by atoms with Crippen LogP contribution >= 0.6 is 11.3 Å². The molecular weight excluding hydrogens is 413 g/mol. The van der Waals surface area contributed by atoms with Crippen molar-refractivity contribution in [3.63, 3.8) is 0 Å². The molecule has 0 radical (unpaired) electrons. The molecule has 7 heteroatoms. The maximum Gasteiger partial charge on any atom is 0.325 e. The maximum absolute atomic E-state index is 13.1. The summed E-state index contributed by atoms with van der Waals surface area (Å²) in [6.45, 7) is 5.60. The van der Waals surface area contributed by atoms with E-state index in [2.05, 4.69) is 16.7 Å². The summed E-state index contributed by atoms with van der Waals surface area (Å²) in [5.74, 6) is -0.172. The number of hydrogen-bond donors (Lipinski definition) is 0. The van der Waals surface area contributed by atoms with Crippen LogP contribution in [0.4, 0.5) is 14.2 Å². The van der Waals surface area contributed by atoms with Crippen LogP contribution in [0.25, 0.3) is 0 Å². The van der Waals surface area contributed by atoms with Gasteiger partial charge in [-0.3, -0.25) is 9.69 Å². The normalized spacial score (nSPS) is 14.0. The first-order chi connectivity index (χ1) is 14.8. The van der Waals surface area contributed by atoms with Gasteiger partial charge < -0.3 is 9.47 Å². The van der Waals surface area contributed by atoms with E-state index < -0.39 is 0 Å². The highest BCUT2D eigenvalue weighted by molar-refractivity contribution is 7.18. The quantitative estimate of drug-likeness (QED) is 0.481. The number of Topliss-reactive ketones (excluding diaryl/α,β-unsaturated/α-hetero) is 1. The zero-order valence-corrected chi connectivity index (χ0v) is 18.8. The minimum atomic E-state index is -0.286. The van der Waals surface area contributed by atoms with E-state index in [4.69, 9.17) is 0 Å². The number of anilines is 1. The number of hydrogen-bond acceptors (Lipinski definition) is 3. The molecule has 5 nitrogen and oxygen atoms in total. The molecule has 0 aliphatic carbocycles. The van der Waals surface area contributed by atoms with E-state index in [1.54, 1.807) is 21.9 Å². The number of aryl methyl sites for hydroxylation is 3. The Kier molecular flexibility index (Phi) is 5.96. The molecule has 1 saturated heterocycles. The van der Waals surface area contributed by atoms with Gasteiger partial charge in [0.15, 0.2) is 5.78 Å². The number of carbonyl (C=O) groups excluding carboxylic acids is 2. The van der Waals surface area contributed by atoms with Crippen LogP contribution in [-0.2, 0) is 20.0 Å². The Balaban J connectivity index is 1.42. The fourth-order valence-corrected chi connectivity index (χ4v) is 5.05. The second kappa shape index (κ2) is 8.67. The lowest BCUT2D eigenvalue weighted by atomic mass is 10.1. The SMILES string of the molecule is Cc1cc(N2CCN(Cc3ccc(F)cc3)C2=O)sc1C(=O)CCc1ccc(C)n1C. The van der Waals surface area contributed by atoms with Crippen LogP contribution in [0.5, 0.6) is 0 Å². The van der Waals surface area contributed by atoms with E-state index in [1.807, 2.05) is 27.0 Å². The summed E-state index contributed by atoms with van der Waals surface area (Å²) >= 11 is 1.40. The molecule has 3 aromatic rings. The van der Waals surface area contributed by atoms with Gasteiger partial charge in [-0.2, -0.15) is 0 Å². The first-order valence-corrected chi connectivity index (χ1v) is 11.2. The standard InChI is InChI=1S/C24H26FN3O2S/c1-16-14-22(31-23(16)21(29)11-10-20-9-4-17(2)26(20)3)28-13-12-27(24(28)30)15-18-5-7-19(25)8-6-18/h4-9,14H,10-13,15H2,1-3H3. The summed E-state index contributed by atoms with van der Waals surface area (Å²) in [7, 11) is 2.01. The minimum Gasteiger partial charge on any atom is -0.352 e. The fraction of sp³-hybridized carbons (Fsp3) is 0.333. The van der Waals surface area contributed by atoms with Crippen molar-refractivity contribution in [2.75, 3.05) is 18.0 Å². The number of aromatic nitrogens is 1. The average Bonchev–Trinajstić information content (AvgIpc) is 3.40. The molecule has 4 rings (SSSR count). The number of thiophene rings is 1. The van der Waals surface area contributed by atoms with Crippen LogP contribution in [0.3, 0.4) is 0 Å². The Morgan fingerprint density at radius 1 is 1.10 bits per heavy atom. The lowest BCUT2D eigenvalue weighted by Crippen LogP contribution is -2.30. The van der Waals surface area contributed by atoms with Gasteiger partial charge in [0, 0.05) is 44.5 Å². The summed E-state index contributed by atoms with van der Waals surface area (Å²) < 4.78 is 15.2. The maximum atomic E-state index is 13.1. The summed E-state index contributed by atoms with van der Waals surface area (Å²) in [6.07, 6.45) is 1.15. The zero-order chi connectivity index (χ0) is 22.1. The molecule has 31 heavy (non-hydrogen) atoms. The highest BCUT2D eigenvalue weighted by atomic mass is 32.1. The minimum absolute atomic E-state index is 0.0798. The molecule has 2 amide bonds. The van der Waals surface area contributed by atoms with E-state index in [1.165, 1.54) is 29.2 Å². The summed E-state index contributed by atoms with van der Waals surface area (Å²) in [6, 6.07) is 12.2. The summed E-state index contributed by atoms with van der Waals surface area (Å²) in [5.41, 5.74) is 4.13. The van der Waals surface area contributed by atoms with Crippen molar-refractivity contribution in [3.05, 3.63) is 75.7 Å². The van der Waals surface area contributed by atoms with Crippen LogP contribution < -0.4 is 4.90 Å². The van der Waals surface area contributed by atoms with Gasteiger partial charge in [-0.05, 0) is 61.7 Å². The molecule has 1 fully saturated rings. The molecule has 0 spiro atoms. The molecule has 0 bridgehead atoms. The van der Waals surface area contributed by atoms with Gasteiger partial charge in [-0.1, -0.05) is 12.1 Å². The third-order valence-corrected chi connectivity index (χ3v) is 7.19. The van der Waals surface area contributed by atoms with Crippen molar-refractivity contribution in [1.82, 2.24) is 9.47 Å². The Labute approximate surface area is 185 Å². The average molecular weight is 440 g/mol. The number of urea groups is 1. The van der Waals surface area contributed by atoms with Crippen LogP contribution in [0.15, 0.2) is 42.5 Å². The van der Waals surface area contributed by atoms with Crippen molar-refractivity contribution in [3.8, 4) is 0 Å². The van der Waals surface area contributed by atoms with Crippen molar-refractivity contribution >= 4 is 28.2 Å². The number of benzene rings is 1. The molecule has 162 valence electrons. The van der Waals surface area contributed by atoms with Gasteiger partial charge >= 0.3 is 6.03 Å². The number of nitrogens with zero attached hydrogens (tertiary/aromatic N) is 3. The molecule has 0 saturated carbocycles. The smallest absolute Gasteiger partial charge is 0.325 e. The van der Waals surface area contributed by atoms with Gasteiger partial charge in [0.1, 0.15) is 5.82 Å². The predicted octanol–water partition coefficient (Wildman–Crippen LogP) is 5.10. The van der Waals surface area contributed by atoms with Crippen LogP contribution in [-0.4, -0.2) is 34.4 Å². The van der Waals surface area contributed by atoms with E-state index in [9.17, 15) is 14.0 Å². The third-order valence-electron chi connectivity index (χ3n) is 5.89. The summed E-state index contributed by atoms with van der Waals surface area (Å²) in [4.78, 5) is 30.0. The van der Waals surface area contributed by atoms with E-state index in [0.29, 0.717) is 32.5 Å². The number of ketones is 1. The van der Waals surface area contributed by atoms with Crippen molar-refractivity contribution < 1.29 is 14.0 Å². The number of amides is 2. The first-order valence-electron chi connectivity index (χ1n) is 10.4. The lowest BCUT2D eigenvalue weighted by Gasteiger charge is -2.17. The number of carbonyl (C=O) groups is 2. The van der Waals surface area contributed by atoms with Crippen LogP contribution in [0, 0.1) is 19.7 Å². The van der Waals surface area contributed by atoms with Crippen molar-refractivity contribution in [1.29, 1.82) is 0 Å². The van der Waals surface area contributed by atoms with Gasteiger partial charge in [0.25, 0.3) is 0 Å². The summed E-state index contributed by atoms with van der Waals surface area (Å²) in [5, 5.41) is 0.808. The van der Waals surface area contributed by atoms with Gasteiger partial charge in [-0.15, -0.1) is 11.3 Å². The first kappa shape index (κ1) is 21.3. The molecule has 3 heterocycles. The molecule has 2 aromatic heterocycles. The Morgan fingerprint density at radius 3 is 2.52 bits per heavy atom. The second-order valence-electron chi connectivity index (χ2n) is 8.03. The third kappa shape index (κ3) is 4.42. The Morgan fingerprint density at radius 2 is 1.84 bits per heavy atom. The second-order valence-corrected chi connectivity index (χ2v) is 9.06.